The van der Waals surface area contributed by atoms with Gasteiger partial charge in [0, 0.05) is 55.7 Å². The molecule has 9 heteroatoms. The van der Waals surface area contributed by atoms with E-state index in [0.717, 1.165) is 25.7 Å². The van der Waals surface area contributed by atoms with Crippen molar-refractivity contribution in [2.45, 2.75) is 43.8 Å². The van der Waals surface area contributed by atoms with Crippen LogP contribution in [-0.2, 0) is 14.1 Å². The standard InChI is InChI=1S/C22H24FN7O/c1-28-10-16-17(27-28)6-5-14(19(16)23)15-9-25-20-18(15)21(31)29(2)22(26-20)30-12-3-4-13(30)8-11(24)7-12/h5-6,9-13,25H,3-4,7-8,24H2,1-2H3/t11?,12-,13+. The molecule has 0 amide bonds. The fourth-order valence-electron chi connectivity index (χ4n) is 5.53. The van der Waals surface area contributed by atoms with E-state index in [4.69, 9.17) is 10.7 Å². The first-order valence-corrected chi connectivity index (χ1v) is 10.7. The third-order valence-electron chi connectivity index (χ3n) is 6.92. The maximum atomic E-state index is 15.3. The first-order valence-electron chi connectivity index (χ1n) is 10.7. The zero-order valence-corrected chi connectivity index (χ0v) is 17.5. The molecule has 2 aliphatic rings. The van der Waals surface area contributed by atoms with Crippen molar-refractivity contribution in [2.24, 2.45) is 19.8 Å². The molecule has 2 bridgehead atoms. The van der Waals surface area contributed by atoms with Crippen molar-refractivity contribution >= 4 is 27.9 Å². The molecule has 2 saturated heterocycles. The molecule has 0 saturated carbocycles. The van der Waals surface area contributed by atoms with E-state index < -0.39 is 0 Å². The quantitative estimate of drug-likeness (QED) is 0.518. The lowest BCUT2D eigenvalue weighted by Gasteiger charge is -2.38. The van der Waals surface area contributed by atoms with E-state index in [9.17, 15) is 4.79 Å². The molecule has 0 aliphatic carbocycles. The SMILES string of the molecule is Cn1cc2c(F)c(-c3c[nH]c4nc(N5[C@@H]6CC[C@H]5CC(N)C6)n(C)c(=O)c34)ccc2n1. The van der Waals surface area contributed by atoms with Crippen LogP contribution in [0.15, 0.2) is 29.3 Å². The number of rotatable bonds is 2. The number of aromatic amines is 1. The number of benzene rings is 1. The second-order valence-electron chi connectivity index (χ2n) is 8.89. The molecule has 8 nitrogen and oxygen atoms in total. The lowest BCUT2D eigenvalue weighted by atomic mass is 9.98. The van der Waals surface area contributed by atoms with Crippen molar-refractivity contribution in [3.8, 4) is 11.1 Å². The van der Waals surface area contributed by atoms with Gasteiger partial charge in [0.2, 0.25) is 5.95 Å². The summed E-state index contributed by atoms with van der Waals surface area (Å²) < 4.78 is 18.5. The Morgan fingerprint density at radius 1 is 1.16 bits per heavy atom. The number of hydrogen-bond acceptors (Lipinski definition) is 5. The second-order valence-corrected chi connectivity index (χ2v) is 8.89. The number of nitrogens with two attached hydrogens (primary N) is 1. The summed E-state index contributed by atoms with van der Waals surface area (Å²) in [5, 5.41) is 5.08. The molecule has 3 atom stereocenters. The van der Waals surface area contributed by atoms with Gasteiger partial charge in [-0.1, -0.05) is 0 Å². The number of anilines is 1. The van der Waals surface area contributed by atoms with Crippen LogP contribution >= 0.6 is 0 Å². The van der Waals surface area contributed by atoms with E-state index in [-0.39, 0.29) is 17.4 Å². The highest BCUT2D eigenvalue weighted by Crippen LogP contribution is 2.38. The smallest absolute Gasteiger partial charge is 0.264 e. The van der Waals surface area contributed by atoms with E-state index in [2.05, 4.69) is 15.0 Å². The van der Waals surface area contributed by atoms with Crippen LogP contribution in [0.5, 0.6) is 0 Å². The Morgan fingerprint density at radius 2 is 1.90 bits per heavy atom. The van der Waals surface area contributed by atoms with E-state index in [1.54, 1.807) is 47.9 Å². The van der Waals surface area contributed by atoms with Crippen LogP contribution in [0.4, 0.5) is 10.3 Å². The van der Waals surface area contributed by atoms with Crippen LogP contribution in [0.1, 0.15) is 25.7 Å². The summed E-state index contributed by atoms with van der Waals surface area (Å²) in [5.41, 5.74) is 7.97. The number of piperidine rings is 1. The molecule has 31 heavy (non-hydrogen) atoms. The molecule has 6 rings (SSSR count). The Kier molecular flexibility index (Phi) is 3.83. The Hall–Kier alpha value is -3.20. The van der Waals surface area contributed by atoms with Gasteiger partial charge in [-0.05, 0) is 37.8 Å². The minimum absolute atomic E-state index is 0.184. The summed E-state index contributed by atoms with van der Waals surface area (Å²) in [5.74, 6) is 0.272. The van der Waals surface area contributed by atoms with Gasteiger partial charge in [0.15, 0.2) is 0 Å². The summed E-state index contributed by atoms with van der Waals surface area (Å²) in [6.07, 6.45) is 7.28. The molecule has 3 N–H and O–H groups in total. The average Bonchev–Trinajstić information content (AvgIpc) is 3.39. The maximum Gasteiger partial charge on any atom is 0.264 e. The molecular weight excluding hydrogens is 397 g/mol. The van der Waals surface area contributed by atoms with Crippen molar-refractivity contribution in [1.29, 1.82) is 0 Å². The Morgan fingerprint density at radius 3 is 2.65 bits per heavy atom. The first kappa shape index (κ1) is 18.6. The topological polar surface area (TPSA) is 97.8 Å². The average molecular weight is 421 g/mol. The zero-order chi connectivity index (χ0) is 21.4. The molecule has 3 aromatic heterocycles. The van der Waals surface area contributed by atoms with Crippen molar-refractivity contribution in [2.75, 3.05) is 4.90 Å². The molecule has 1 aromatic carbocycles. The number of aromatic nitrogens is 5. The highest BCUT2D eigenvalue weighted by molar-refractivity contribution is 5.96. The predicted molar refractivity (Wildman–Crippen MR) is 117 cm³/mol. The highest BCUT2D eigenvalue weighted by atomic mass is 19.1. The highest BCUT2D eigenvalue weighted by Gasteiger charge is 2.41. The third kappa shape index (κ3) is 2.59. The Balaban J connectivity index is 1.52. The number of nitrogens with one attached hydrogen (secondary N) is 1. The van der Waals surface area contributed by atoms with Gasteiger partial charge in [0.25, 0.3) is 5.56 Å². The van der Waals surface area contributed by atoms with Gasteiger partial charge < -0.3 is 15.6 Å². The third-order valence-corrected chi connectivity index (χ3v) is 6.92. The lowest BCUT2D eigenvalue weighted by molar-refractivity contribution is 0.405. The monoisotopic (exact) mass is 421 g/mol. The van der Waals surface area contributed by atoms with E-state index in [1.807, 2.05) is 0 Å². The normalized spacial score (nSPS) is 23.4. The molecule has 1 unspecified atom stereocenters. The number of halogens is 1. The Bertz CT molecular complexity index is 1390. The molecular formula is C22H24FN7O. The van der Waals surface area contributed by atoms with Crippen molar-refractivity contribution in [3.05, 3.63) is 40.7 Å². The molecule has 5 heterocycles. The summed E-state index contributed by atoms with van der Waals surface area (Å²) in [4.78, 5) is 23.6. The van der Waals surface area contributed by atoms with Crippen LogP contribution in [0.25, 0.3) is 33.1 Å². The van der Waals surface area contributed by atoms with Gasteiger partial charge >= 0.3 is 0 Å². The number of aryl methyl sites for hydroxylation is 1. The van der Waals surface area contributed by atoms with Gasteiger partial charge in [-0.2, -0.15) is 10.1 Å². The van der Waals surface area contributed by atoms with Gasteiger partial charge in [-0.3, -0.25) is 14.0 Å². The van der Waals surface area contributed by atoms with Crippen LogP contribution in [-0.4, -0.2) is 42.4 Å². The summed E-state index contributed by atoms with van der Waals surface area (Å²) in [7, 11) is 3.50. The molecule has 4 aromatic rings. The summed E-state index contributed by atoms with van der Waals surface area (Å²) in [6, 6.07) is 4.27. The Labute approximate surface area is 177 Å². The van der Waals surface area contributed by atoms with Crippen LogP contribution in [0.2, 0.25) is 0 Å². The number of H-pyrrole nitrogens is 1. The van der Waals surface area contributed by atoms with Crippen molar-refractivity contribution < 1.29 is 4.39 Å². The van der Waals surface area contributed by atoms with Crippen LogP contribution in [0.3, 0.4) is 0 Å². The number of hydrogen-bond donors (Lipinski definition) is 2. The second kappa shape index (κ2) is 6.40. The molecule has 0 spiro atoms. The molecule has 2 fully saturated rings. The number of nitrogens with zero attached hydrogens (tertiary/aromatic N) is 5. The van der Waals surface area contributed by atoms with Gasteiger partial charge in [0.05, 0.1) is 16.3 Å². The minimum Gasteiger partial charge on any atom is -0.345 e. The van der Waals surface area contributed by atoms with Gasteiger partial charge in [0.1, 0.15) is 11.5 Å². The summed E-state index contributed by atoms with van der Waals surface area (Å²) in [6.45, 7) is 0. The number of fused-ring (bicyclic) bond motifs is 4. The van der Waals surface area contributed by atoms with Crippen molar-refractivity contribution in [1.82, 2.24) is 24.3 Å². The predicted octanol–water partition coefficient (Wildman–Crippen LogP) is 2.41. The fraction of sp³-hybridized carbons (Fsp3) is 0.409. The zero-order valence-electron chi connectivity index (χ0n) is 17.5. The fourth-order valence-corrected chi connectivity index (χ4v) is 5.53. The summed E-state index contributed by atoms with van der Waals surface area (Å²) >= 11 is 0. The van der Waals surface area contributed by atoms with Gasteiger partial charge in [-0.15, -0.1) is 0 Å². The lowest BCUT2D eigenvalue weighted by Crippen LogP contribution is -2.49. The van der Waals surface area contributed by atoms with Crippen molar-refractivity contribution in [3.63, 3.8) is 0 Å². The van der Waals surface area contributed by atoms with E-state index in [0.29, 0.717) is 51.1 Å². The van der Waals surface area contributed by atoms with E-state index >= 15 is 4.39 Å². The minimum atomic E-state index is -0.388. The first-order chi connectivity index (χ1) is 14.9. The van der Waals surface area contributed by atoms with Crippen LogP contribution < -0.4 is 16.2 Å². The molecule has 0 radical (unpaired) electrons. The maximum absolute atomic E-state index is 15.3. The van der Waals surface area contributed by atoms with Gasteiger partial charge in [-0.25, -0.2) is 4.39 Å². The molecule has 2 aliphatic heterocycles. The van der Waals surface area contributed by atoms with Crippen LogP contribution in [0, 0.1) is 5.82 Å². The molecule has 160 valence electrons. The van der Waals surface area contributed by atoms with E-state index in [1.165, 1.54) is 0 Å². The largest absolute Gasteiger partial charge is 0.345 e.